The van der Waals surface area contributed by atoms with E-state index in [-0.39, 0.29) is 5.41 Å². The monoisotopic (exact) mass is 758 g/mol. The Morgan fingerprint density at radius 2 is 1.32 bits per heavy atom. The second-order valence-corrected chi connectivity index (χ2v) is 16.8. The lowest BCUT2D eigenvalue weighted by Gasteiger charge is -2.29. The van der Waals surface area contributed by atoms with E-state index in [4.69, 9.17) is 4.42 Å². The first kappa shape index (κ1) is 34.0. The standard InChI is InChI=1S/C56H42N2O/c1-35-26-28-39(32-44(35)36-16-6-4-7-17-36)57(40-29-31-49-45(33-40)42-22-12-14-24-48(42)58(49)38-19-8-5-9-20-38)50-34-47-54(53-43-23-13-15-25-51(43)59-55(50)53)52-41-21-11-10-18-37(41)27-30-46(52)56(47,2)3/h4-9,11-17,19-34H,10,18H2,1-3H3. The second kappa shape index (κ2) is 12.7. The van der Waals surface area contributed by atoms with Gasteiger partial charge in [0.05, 0.1) is 16.7 Å². The largest absolute Gasteiger partial charge is 0.454 e. The number of hydrogen-bond donors (Lipinski definition) is 0. The Hall–Kier alpha value is -7.10. The van der Waals surface area contributed by atoms with Gasteiger partial charge < -0.3 is 13.9 Å². The van der Waals surface area contributed by atoms with E-state index in [1.54, 1.807) is 0 Å². The highest BCUT2D eigenvalue weighted by atomic mass is 16.3. The first-order valence-corrected chi connectivity index (χ1v) is 20.8. The third-order valence-electron chi connectivity index (χ3n) is 13.2. The number of anilines is 3. The molecule has 2 aliphatic carbocycles. The first-order valence-electron chi connectivity index (χ1n) is 20.8. The average Bonchev–Trinajstić information content (AvgIpc) is 3.90. The summed E-state index contributed by atoms with van der Waals surface area (Å²) < 4.78 is 9.54. The Labute approximate surface area is 344 Å². The molecule has 3 heteroatoms. The lowest BCUT2D eigenvalue weighted by Crippen LogP contribution is -2.17. The summed E-state index contributed by atoms with van der Waals surface area (Å²) in [6.45, 7) is 7.02. The molecule has 0 N–H and O–H groups in total. The Balaban J connectivity index is 1.19. The molecule has 12 rings (SSSR count). The molecule has 3 nitrogen and oxygen atoms in total. The molecule has 2 aliphatic rings. The van der Waals surface area contributed by atoms with Gasteiger partial charge in [0.15, 0.2) is 5.58 Å². The third-order valence-corrected chi connectivity index (χ3v) is 13.2. The number of rotatable bonds is 5. The van der Waals surface area contributed by atoms with Crippen LogP contribution in [0.4, 0.5) is 17.1 Å². The van der Waals surface area contributed by atoms with E-state index in [0.717, 1.165) is 52.1 Å². The van der Waals surface area contributed by atoms with Crippen LogP contribution in [0.2, 0.25) is 0 Å². The van der Waals surface area contributed by atoms with E-state index in [9.17, 15) is 0 Å². The molecule has 0 spiro atoms. The fourth-order valence-corrected chi connectivity index (χ4v) is 10.3. The number of aromatic nitrogens is 1. The van der Waals surface area contributed by atoms with Crippen LogP contribution in [0.5, 0.6) is 0 Å². The Bertz CT molecular complexity index is 3360. The van der Waals surface area contributed by atoms with Gasteiger partial charge in [-0.3, -0.25) is 0 Å². The molecule has 10 aromatic rings. The molecule has 0 bridgehead atoms. The predicted molar refractivity (Wildman–Crippen MR) is 248 cm³/mol. The zero-order chi connectivity index (χ0) is 39.4. The maximum atomic E-state index is 7.15. The number of fused-ring (bicyclic) bond motifs is 12. The molecule has 0 saturated carbocycles. The van der Waals surface area contributed by atoms with Crippen LogP contribution in [0.15, 0.2) is 174 Å². The van der Waals surface area contributed by atoms with Gasteiger partial charge in [0.1, 0.15) is 5.58 Å². The zero-order valence-corrected chi connectivity index (χ0v) is 33.5. The fraction of sp³-hybridized carbons (Fsp3) is 0.107. The second-order valence-electron chi connectivity index (χ2n) is 16.8. The van der Waals surface area contributed by atoms with Crippen molar-refractivity contribution in [2.45, 2.75) is 39.0 Å². The molecule has 2 heterocycles. The highest BCUT2D eigenvalue weighted by Crippen LogP contribution is 2.58. The summed E-state index contributed by atoms with van der Waals surface area (Å²) >= 11 is 0. The Kier molecular flexibility index (Phi) is 7.32. The summed E-state index contributed by atoms with van der Waals surface area (Å²) in [7, 11) is 0. The number of furan rings is 1. The molecule has 59 heavy (non-hydrogen) atoms. The lowest BCUT2D eigenvalue weighted by atomic mass is 9.81. The summed E-state index contributed by atoms with van der Waals surface area (Å²) in [5.41, 5.74) is 20.1. The molecule has 2 aromatic heterocycles. The van der Waals surface area contributed by atoms with Gasteiger partial charge in [0.2, 0.25) is 0 Å². The molecule has 0 atom stereocenters. The van der Waals surface area contributed by atoms with Crippen LogP contribution >= 0.6 is 0 Å². The SMILES string of the molecule is Cc1ccc(N(c2ccc3c(c2)c2ccccc2n3-c2ccccc2)c2cc3c(c4c2oc2ccccc24)-c2c(ccc4c2C=CCC4)C3(C)C)cc1-c1ccccc1. The van der Waals surface area contributed by atoms with Crippen molar-refractivity contribution in [3.8, 4) is 27.9 Å². The predicted octanol–water partition coefficient (Wildman–Crippen LogP) is 15.4. The fourth-order valence-electron chi connectivity index (χ4n) is 10.3. The minimum Gasteiger partial charge on any atom is -0.454 e. The Morgan fingerprint density at radius 1 is 0.610 bits per heavy atom. The topological polar surface area (TPSA) is 21.3 Å². The van der Waals surface area contributed by atoms with Crippen LogP contribution in [0.25, 0.3) is 77.8 Å². The molecule has 0 aliphatic heterocycles. The van der Waals surface area contributed by atoms with Crippen LogP contribution in [-0.4, -0.2) is 4.57 Å². The normalized spacial score (nSPS) is 13.9. The Morgan fingerprint density at radius 3 is 2.17 bits per heavy atom. The molecule has 0 fully saturated rings. The summed E-state index contributed by atoms with van der Waals surface area (Å²) in [6.07, 6.45) is 6.86. The van der Waals surface area contributed by atoms with Crippen molar-refractivity contribution in [2.24, 2.45) is 0 Å². The van der Waals surface area contributed by atoms with Crippen molar-refractivity contribution in [3.05, 3.63) is 198 Å². The van der Waals surface area contributed by atoms with Crippen molar-refractivity contribution in [2.75, 3.05) is 4.90 Å². The van der Waals surface area contributed by atoms with Crippen molar-refractivity contribution in [1.82, 2.24) is 4.57 Å². The molecular weight excluding hydrogens is 717 g/mol. The smallest absolute Gasteiger partial charge is 0.160 e. The molecule has 0 saturated heterocycles. The minimum absolute atomic E-state index is 0.243. The average molecular weight is 759 g/mol. The van der Waals surface area contributed by atoms with Crippen LogP contribution < -0.4 is 4.90 Å². The van der Waals surface area contributed by atoms with Gasteiger partial charge in [0, 0.05) is 44.0 Å². The van der Waals surface area contributed by atoms with E-state index in [1.165, 1.54) is 77.3 Å². The summed E-state index contributed by atoms with van der Waals surface area (Å²) in [5.74, 6) is 0. The van der Waals surface area contributed by atoms with Crippen LogP contribution in [-0.2, 0) is 11.8 Å². The van der Waals surface area contributed by atoms with Gasteiger partial charge in [-0.1, -0.05) is 129 Å². The number of hydrogen-bond acceptors (Lipinski definition) is 2. The number of nitrogens with zero attached hydrogens (tertiary/aromatic N) is 2. The minimum atomic E-state index is -0.243. The summed E-state index contributed by atoms with van der Waals surface area (Å²) in [4.78, 5) is 2.46. The zero-order valence-electron chi connectivity index (χ0n) is 33.5. The summed E-state index contributed by atoms with van der Waals surface area (Å²) in [6, 6.07) is 60.0. The van der Waals surface area contributed by atoms with Crippen molar-refractivity contribution < 1.29 is 4.42 Å². The van der Waals surface area contributed by atoms with E-state index in [0.29, 0.717) is 0 Å². The molecular formula is C56H42N2O. The quantitative estimate of drug-likeness (QED) is 0.174. The number of benzene rings is 8. The van der Waals surface area contributed by atoms with E-state index in [2.05, 4.69) is 206 Å². The lowest BCUT2D eigenvalue weighted by molar-refractivity contribution is 0.656. The van der Waals surface area contributed by atoms with E-state index in [1.807, 2.05) is 0 Å². The van der Waals surface area contributed by atoms with Crippen LogP contribution in [0.1, 0.15) is 48.1 Å². The van der Waals surface area contributed by atoms with Crippen molar-refractivity contribution in [1.29, 1.82) is 0 Å². The molecule has 0 radical (unpaired) electrons. The van der Waals surface area contributed by atoms with Crippen molar-refractivity contribution >= 4 is 66.9 Å². The van der Waals surface area contributed by atoms with Gasteiger partial charge in [-0.05, 0) is 131 Å². The first-order chi connectivity index (χ1) is 29.0. The van der Waals surface area contributed by atoms with E-state index >= 15 is 0 Å². The van der Waals surface area contributed by atoms with Crippen molar-refractivity contribution in [3.63, 3.8) is 0 Å². The number of allylic oxidation sites excluding steroid dienone is 1. The molecule has 8 aromatic carbocycles. The van der Waals surface area contributed by atoms with Gasteiger partial charge in [-0.15, -0.1) is 0 Å². The third kappa shape index (κ3) is 4.94. The number of aryl methyl sites for hydroxylation is 2. The van der Waals surface area contributed by atoms with Gasteiger partial charge in [-0.25, -0.2) is 0 Å². The van der Waals surface area contributed by atoms with Gasteiger partial charge in [-0.2, -0.15) is 0 Å². The maximum absolute atomic E-state index is 7.15. The van der Waals surface area contributed by atoms with Gasteiger partial charge in [0.25, 0.3) is 0 Å². The van der Waals surface area contributed by atoms with E-state index < -0.39 is 0 Å². The summed E-state index contributed by atoms with van der Waals surface area (Å²) in [5, 5.41) is 4.76. The molecule has 0 unspecified atom stereocenters. The maximum Gasteiger partial charge on any atom is 0.160 e. The van der Waals surface area contributed by atoms with Crippen LogP contribution in [0.3, 0.4) is 0 Å². The van der Waals surface area contributed by atoms with Gasteiger partial charge >= 0.3 is 0 Å². The number of para-hydroxylation sites is 3. The highest BCUT2D eigenvalue weighted by Gasteiger charge is 2.41. The molecule has 282 valence electrons. The highest BCUT2D eigenvalue weighted by molar-refractivity contribution is 6.20. The molecule has 0 amide bonds. The van der Waals surface area contributed by atoms with Crippen LogP contribution in [0, 0.1) is 6.92 Å².